The van der Waals surface area contributed by atoms with Crippen molar-refractivity contribution in [1.29, 1.82) is 0 Å². The molecule has 0 spiro atoms. The van der Waals surface area contributed by atoms with Crippen LogP contribution in [0.25, 0.3) is 11.1 Å². The van der Waals surface area contributed by atoms with E-state index in [4.69, 9.17) is 4.74 Å². The minimum absolute atomic E-state index is 0.00823. The number of carbonyl (C=O) groups excluding carboxylic acids is 1. The fourth-order valence-electron chi connectivity index (χ4n) is 3.18. The maximum atomic E-state index is 12.2. The Hall–Kier alpha value is -2.33. The van der Waals surface area contributed by atoms with Crippen LogP contribution in [0.3, 0.4) is 0 Å². The molecule has 2 aromatic rings. The highest BCUT2D eigenvalue weighted by Gasteiger charge is 2.19. The Labute approximate surface area is 149 Å². The van der Waals surface area contributed by atoms with E-state index in [9.17, 15) is 4.79 Å². The number of carbonyl (C=O) groups is 1. The number of urea groups is 1. The number of amides is 2. The predicted molar refractivity (Wildman–Crippen MR) is 101 cm³/mol. The third-order valence-electron chi connectivity index (χ3n) is 4.63. The molecule has 1 saturated heterocycles. The summed E-state index contributed by atoms with van der Waals surface area (Å²) in [5, 5.41) is 3.01. The van der Waals surface area contributed by atoms with E-state index < -0.39 is 0 Å². The molecule has 0 aliphatic carbocycles. The third kappa shape index (κ3) is 5.07. The van der Waals surface area contributed by atoms with Gasteiger partial charge in [0.15, 0.2) is 0 Å². The Kier molecular flexibility index (Phi) is 6.07. The van der Waals surface area contributed by atoms with Gasteiger partial charge in [0.05, 0.1) is 6.61 Å². The van der Waals surface area contributed by atoms with Crippen molar-refractivity contribution in [3.63, 3.8) is 0 Å². The molecule has 1 heterocycles. The highest BCUT2D eigenvalue weighted by molar-refractivity contribution is 5.73. The lowest BCUT2D eigenvalue weighted by atomic mass is 10.0. The Morgan fingerprint density at radius 2 is 1.96 bits per heavy atom. The zero-order chi connectivity index (χ0) is 17.5. The molecule has 0 bridgehead atoms. The molecule has 3 rings (SSSR count). The van der Waals surface area contributed by atoms with Crippen LogP contribution in [-0.4, -0.2) is 44.3 Å². The highest BCUT2D eigenvalue weighted by Crippen LogP contribution is 2.20. The van der Waals surface area contributed by atoms with Crippen molar-refractivity contribution < 1.29 is 9.53 Å². The number of ether oxygens (including phenoxy) is 1. The molecule has 1 N–H and O–H groups in total. The topological polar surface area (TPSA) is 41.6 Å². The van der Waals surface area contributed by atoms with Gasteiger partial charge in [-0.25, -0.2) is 4.79 Å². The van der Waals surface area contributed by atoms with Crippen LogP contribution in [0.2, 0.25) is 0 Å². The van der Waals surface area contributed by atoms with E-state index in [1.807, 2.05) is 25.2 Å². The standard InChI is InChI=1S/C21H26N2O2/c1-23(15-18-11-13-25-16-18)21(24)22-12-10-17-6-5-9-20(14-17)19-7-3-2-4-8-19/h2-9,14,18H,10-13,15-16H2,1H3,(H,22,24)/t18-/m0/s1. The molecular formula is C21H26N2O2. The summed E-state index contributed by atoms with van der Waals surface area (Å²) in [6.45, 7) is 2.99. The van der Waals surface area contributed by atoms with Gasteiger partial charge in [0, 0.05) is 32.7 Å². The molecule has 2 amide bonds. The molecule has 2 aromatic carbocycles. The normalized spacial score (nSPS) is 16.6. The molecule has 1 aliphatic heterocycles. The summed E-state index contributed by atoms with van der Waals surface area (Å²) in [4.78, 5) is 13.9. The zero-order valence-electron chi connectivity index (χ0n) is 14.8. The summed E-state index contributed by atoms with van der Waals surface area (Å²) in [6.07, 6.45) is 1.87. The molecular weight excluding hydrogens is 312 g/mol. The van der Waals surface area contributed by atoms with Crippen LogP contribution in [0.4, 0.5) is 4.79 Å². The molecule has 0 saturated carbocycles. The Morgan fingerprint density at radius 1 is 1.16 bits per heavy atom. The minimum Gasteiger partial charge on any atom is -0.381 e. The van der Waals surface area contributed by atoms with Crippen LogP contribution in [0.1, 0.15) is 12.0 Å². The van der Waals surface area contributed by atoms with E-state index in [1.54, 1.807) is 4.90 Å². The van der Waals surface area contributed by atoms with Crippen LogP contribution in [-0.2, 0) is 11.2 Å². The van der Waals surface area contributed by atoms with Crippen molar-refractivity contribution in [3.8, 4) is 11.1 Å². The molecule has 0 aromatic heterocycles. The van der Waals surface area contributed by atoms with Crippen LogP contribution in [0, 0.1) is 5.92 Å². The van der Waals surface area contributed by atoms with Crippen molar-refractivity contribution >= 4 is 6.03 Å². The van der Waals surface area contributed by atoms with Gasteiger partial charge in [-0.05, 0) is 29.5 Å². The second-order valence-electron chi connectivity index (χ2n) is 6.66. The van der Waals surface area contributed by atoms with E-state index in [0.29, 0.717) is 12.5 Å². The Morgan fingerprint density at radius 3 is 2.72 bits per heavy atom. The molecule has 1 atom stereocenters. The van der Waals surface area contributed by atoms with Crippen LogP contribution in [0.15, 0.2) is 54.6 Å². The number of hydrogen-bond acceptors (Lipinski definition) is 2. The number of nitrogens with zero attached hydrogens (tertiary/aromatic N) is 1. The summed E-state index contributed by atoms with van der Waals surface area (Å²) < 4.78 is 5.37. The van der Waals surface area contributed by atoms with Gasteiger partial charge >= 0.3 is 6.03 Å². The average Bonchev–Trinajstić information content (AvgIpc) is 3.15. The second kappa shape index (κ2) is 8.67. The van der Waals surface area contributed by atoms with Gasteiger partial charge in [0.2, 0.25) is 0 Å². The van der Waals surface area contributed by atoms with E-state index in [2.05, 4.69) is 41.7 Å². The number of benzene rings is 2. The van der Waals surface area contributed by atoms with E-state index in [-0.39, 0.29) is 6.03 Å². The first kappa shape index (κ1) is 17.5. The van der Waals surface area contributed by atoms with E-state index in [1.165, 1.54) is 16.7 Å². The van der Waals surface area contributed by atoms with Gasteiger partial charge in [-0.2, -0.15) is 0 Å². The molecule has 1 aliphatic rings. The first-order valence-corrected chi connectivity index (χ1v) is 8.93. The molecule has 1 fully saturated rings. The lowest BCUT2D eigenvalue weighted by Gasteiger charge is -2.20. The Bertz CT molecular complexity index is 681. The molecule has 0 unspecified atom stereocenters. The highest BCUT2D eigenvalue weighted by atomic mass is 16.5. The SMILES string of the molecule is CN(C[C@@H]1CCOC1)C(=O)NCCc1cccc(-c2ccccc2)c1. The summed E-state index contributed by atoms with van der Waals surface area (Å²) in [5.74, 6) is 0.471. The Balaban J connectivity index is 1.47. The van der Waals surface area contributed by atoms with Crippen molar-refractivity contribution in [2.45, 2.75) is 12.8 Å². The fraction of sp³-hybridized carbons (Fsp3) is 0.381. The smallest absolute Gasteiger partial charge is 0.317 e. The summed E-state index contributed by atoms with van der Waals surface area (Å²) in [5.41, 5.74) is 3.66. The largest absolute Gasteiger partial charge is 0.381 e. The zero-order valence-corrected chi connectivity index (χ0v) is 14.8. The number of nitrogens with one attached hydrogen (secondary N) is 1. The van der Waals surface area contributed by atoms with Crippen molar-refractivity contribution in [3.05, 3.63) is 60.2 Å². The van der Waals surface area contributed by atoms with Gasteiger partial charge in [0.1, 0.15) is 0 Å². The first-order valence-electron chi connectivity index (χ1n) is 8.93. The van der Waals surface area contributed by atoms with E-state index in [0.717, 1.165) is 32.6 Å². The van der Waals surface area contributed by atoms with Crippen LogP contribution < -0.4 is 5.32 Å². The quantitative estimate of drug-likeness (QED) is 0.875. The molecule has 25 heavy (non-hydrogen) atoms. The van der Waals surface area contributed by atoms with Gasteiger partial charge in [-0.3, -0.25) is 0 Å². The van der Waals surface area contributed by atoms with Crippen molar-refractivity contribution in [1.82, 2.24) is 10.2 Å². The van der Waals surface area contributed by atoms with Crippen LogP contribution in [0.5, 0.6) is 0 Å². The lowest BCUT2D eigenvalue weighted by Crippen LogP contribution is -2.40. The maximum absolute atomic E-state index is 12.2. The van der Waals surface area contributed by atoms with Crippen molar-refractivity contribution in [2.75, 3.05) is 33.4 Å². The van der Waals surface area contributed by atoms with Crippen LogP contribution >= 0.6 is 0 Å². The molecule has 0 radical (unpaired) electrons. The predicted octanol–water partition coefficient (Wildman–Crippen LogP) is 3.57. The van der Waals surface area contributed by atoms with Crippen molar-refractivity contribution in [2.24, 2.45) is 5.92 Å². The second-order valence-corrected chi connectivity index (χ2v) is 6.66. The third-order valence-corrected chi connectivity index (χ3v) is 4.63. The van der Waals surface area contributed by atoms with Gasteiger partial charge in [0.25, 0.3) is 0 Å². The minimum atomic E-state index is -0.00823. The number of rotatable bonds is 6. The van der Waals surface area contributed by atoms with Gasteiger partial charge in [-0.1, -0.05) is 54.6 Å². The molecule has 4 heteroatoms. The average molecular weight is 338 g/mol. The molecule has 132 valence electrons. The first-order chi connectivity index (χ1) is 12.2. The summed E-state index contributed by atoms with van der Waals surface area (Å²) in [7, 11) is 1.85. The molecule has 4 nitrogen and oxygen atoms in total. The van der Waals surface area contributed by atoms with Gasteiger partial charge in [-0.15, -0.1) is 0 Å². The maximum Gasteiger partial charge on any atom is 0.317 e. The lowest BCUT2D eigenvalue weighted by molar-refractivity contribution is 0.171. The summed E-state index contributed by atoms with van der Waals surface area (Å²) in [6, 6.07) is 18.8. The van der Waals surface area contributed by atoms with E-state index >= 15 is 0 Å². The number of hydrogen-bond donors (Lipinski definition) is 1. The monoisotopic (exact) mass is 338 g/mol. The summed E-state index contributed by atoms with van der Waals surface area (Å²) >= 11 is 0. The van der Waals surface area contributed by atoms with Gasteiger partial charge < -0.3 is 15.0 Å². The fourth-order valence-corrected chi connectivity index (χ4v) is 3.18.